The lowest BCUT2D eigenvalue weighted by Gasteiger charge is -1.90. The van der Waals surface area contributed by atoms with Crippen LogP contribution in [0.3, 0.4) is 0 Å². The van der Waals surface area contributed by atoms with Crippen molar-refractivity contribution < 1.29 is 4.74 Å². The molecule has 2 heteroatoms. The van der Waals surface area contributed by atoms with Gasteiger partial charge >= 0.3 is 0 Å². The molecule has 0 radical (unpaired) electrons. The third-order valence-electron chi connectivity index (χ3n) is 0. The second-order valence-corrected chi connectivity index (χ2v) is 2.46. The first-order valence-electron chi connectivity index (χ1n) is 3.57. The standard InChI is InChI=1S/C3H9N.C3H8.C2H6O.CH4/c1-4(2)3;2*1-3-2;/h1-3H3;3H2,1-2H3;1-2H3;1H4. The maximum absolute atomic E-state index is 4.25. The molecule has 0 N–H and O–H groups in total. The Morgan fingerprint density at radius 3 is 1.00 bits per heavy atom. The van der Waals surface area contributed by atoms with Gasteiger partial charge in [0.25, 0.3) is 0 Å². The fourth-order valence-electron chi connectivity index (χ4n) is 0. The number of hydrogen-bond donors (Lipinski definition) is 0. The van der Waals surface area contributed by atoms with Crippen LogP contribution in [0.15, 0.2) is 0 Å². The molecule has 0 spiro atoms. The Morgan fingerprint density at radius 2 is 1.00 bits per heavy atom. The van der Waals surface area contributed by atoms with E-state index in [1.54, 1.807) is 14.2 Å². The van der Waals surface area contributed by atoms with Gasteiger partial charge in [-0.05, 0) is 21.1 Å². The molecule has 74 valence electrons. The Morgan fingerprint density at radius 1 is 1.00 bits per heavy atom. The second kappa shape index (κ2) is 32.6. The summed E-state index contributed by atoms with van der Waals surface area (Å²) in [4.78, 5) is 2.00. The van der Waals surface area contributed by atoms with E-state index in [1.807, 2.05) is 26.0 Å². The van der Waals surface area contributed by atoms with Crippen molar-refractivity contribution in [2.45, 2.75) is 27.7 Å². The van der Waals surface area contributed by atoms with Gasteiger partial charge < -0.3 is 9.64 Å². The molecule has 0 atom stereocenters. The minimum absolute atomic E-state index is 0. The van der Waals surface area contributed by atoms with Gasteiger partial charge in [-0.2, -0.15) is 0 Å². The molecule has 0 amide bonds. The summed E-state index contributed by atoms with van der Waals surface area (Å²) < 4.78 is 4.25. The SMILES string of the molecule is C.CCC.CN(C)C.COC. The van der Waals surface area contributed by atoms with Gasteiger partial charge in [-0.25, -0.2) is 0 Å². The highest BCUT2D eigenvalue weighted by molar-refractivity contribution is 4.09. The number of rotatable bonds is 0. The van der Waals surface area contributed by atoms with Crippen LogP contribution in [0.2, 0.25) is 0 Å². The molecular weight excluding hydrogens is 138 g/mol. The number of methoxy groups -OCH3 is 1. The molecule has 11 heavy (non-hydrogen) atoms. The van der Waals surface area contributed by atoms with Crippen molar-refractivity contribution in [3.63, 3.8) is 0 Å². The molecule has 2 nitrogen and oxygen atoms in total. The van der Waals surface area contributed by atoms with Gasteiger partial charge in [0.1, 0.15) is 0 Å². The summed E-state index contributed by atoms with van der Waals surface area (Å²) in [5.41, 5.74) is 0. The van der Waals surface area contributed by atoms with E-state index in [2.05, 4.69) is 18.6 Å². The number of nitrogens with zero attached hydrogens (tertiary/aromatic N) is 1. The van der Waals surface area contributed by atoms with Crippen LogP contribution >= 0.6 is 0 Å². The second-order valence-electron chi connectivity index (χ2n) is 2.46. The fourth-order valence-corrected chi connectivity index (χ4v) is 0. The highest BCUT2D eigenvalue weighted by Crippen LogP contribution is 1.56. The summed E-state index contributed by atoms with van der Waals surface area (Å²) in [5.74, 6) is 0. The summed E-state index contributed by atoms with van der Waals surface area (Å²) in [6, 6.07) is 0. The van der Waals surface area contributed by atoms with E-state index in [0.717, 1.165) is 0 Å². The molecule has 0 unspecified atom stereocenters. The molecule has 0 saturated carbocycles. The highest BCUT2D eigenvalue weighted by Gasteiger charge is 1.58. The zero-order valence-electron chi connectivity index (χ0n) is 8.56. The molecule has 0 aromatic rings. The van der Waals surface area contributed by atoms with Crippen molar-refractivity contribution in [3.05, 3.63) is 0 Å². The van der Waals surface area contributed by atoms with Crippen molar-refractivity contribution in [1.29, 1.82) is 0 Å². The molecule has 0 heterocycles. The predicted octanol–water partition coefficient (Wildman–Crippen LogP) is 2.49. The molecule has 0 fully saturated rings. The monoisotopic (exact) mass is 165 g/mol. The van der Waals surface area contributed by atoms with E-state index in [1.165, 1.54) is 6.42 Å². The van der Waals surface area contributed by atoms with Crippen molar-refractivity contribution >= 4 is 0 Å². The van der Waals surface area contributed by atoms with Crippen LogP contribution in [-0.2, 0) is 4.74 Å². The van der Waals surface area contributed by atoms with Crippen molar-refractivity contribution in [2.24, 2.45) is 0 Å². The Hall–Kier alpha value is -0.0800. The van der Waals surface area contributed by atoms with E-state index in [4.69, 9.17) is 0 Å². The number of ether oxygens (including phenoxy) is 1. The Labute approximate surface area is 73.5 Å². The fraction of sp³-hybridized carbons (Fsp3) is 1.00. The summed E-state index contributed by atoms with van der Waals surface area (Å²) in [5, 5.41) is 0. The van der Waals surface area contributed by atoms with Gasteiger partial charge in [-0.15, -0.1) is 0 Å². The van der Waals surface area contributed by atoms with Crippen LogP contribution in [0.5, 0.6) is 0 Å². The van der Waals surface area contributed by atoms with E-state index in [9.17, 15) is 0 Å². The molecule has 0 aromatic heterocycles. The molecule has 0 bridgehead atoms. The van der Waals surface area contributed by atoms with Crippen LogP contribution < -0.4 is 0 Å². The van der Waals surface area contributed by atoms with Crippen molar-refractivity contribution in [2.75, 3.05) is 35.4 Å². The number of hydrogen-bond acceptors (Lipinski definition) is 2. The summed E-state index contributed by atoms with van der Waals surface area (Å²) in [6.07, 6.45) is 1.25. The minimum Gasteiger partial charge on any atom is -0.388 e. The average molecular weight is 165 g/mol. The zero-order chi connectivity index (χ0) is 8.99. The summed E-state index contributed by atoms with van der Waals surface area (Å²) >= 11 is 0. The largest absolute Gasteiger partial charge is 0.388 e. The maximum atomic E-state index is 4.25. The third kappa shape index (κ3) is 97200. The van der Waals surface area contributed by atoms with Crippen molar-refractivity contribution in [1.82, 2.24) is 4.90 Å². The van der Waals surface area contributed by atoms with Crippen LogP contribution in [0.1, 0.15) is 27.7 Å². The van der Waals surface area contributed by atoms with E-state index < -0.39 is 0 Å². The third-order valence-corrected chi connectivity index (χ3v) is 0. The average Bonchev–Trinajstić information content (AvgIpc) is 1.65. The smallest absolute Gasteiger partial charge is 0.0351 e. The lowest BCUT2D eigenvalue weighted by Crippen LogP contribution is -1.99. The van der Waals surface area contributed by atoms with Crippen LogP contribution in [0.4, 0.5) is 0 Å². The lowest BCUT2D eigenvalue weighted by molar-refractivity contribution is 0.277. The quantitative estimate of drug-likeness (QED) is 0.547. The van der Waals surface area contributed by atoms with E-state index >= 15 is 0 Å². The molecule has 0 rings (SSSR count). The van der Waals surface area contributed by atoms with Gasteiger partial charge in [0, 0.05) is 14.2 Å². The predicted molar refractivity (Wildman–Crippen MR) is 55.2 cm³/mol. The van der Waals surface area contributed by atoms with Gasteiger partial charge in [0.2, 0.25) is 0 Å². The van der Waals surface area contributed by atoms with E-state index in [0.29, 0.717) is 0 Å². The first-order chi connectivity index (χ1) is 4.56. The summed E-state index contributed by atoms with van der Waals surface area (Å²) in [7, 11) is 9.25. The molecule has 0 aromatic carbocycles. The Balaban J connectivity index is -0.0000000325. The van der Waals surface area contributed by atoms with Gasteiger partial charge in [-0.3, -0.25) is 0 Å². The van der Waals surface area contributed by atoms with Crippen LogP contribution in [-0.4, -0.2) is 40.3 Å². The minimum atomic E-state index is 0. The molecule has 0 aliphatic heterocycles. The lowest BCUT2D eigenvalue weighted by atomic mass is 10.6. The normalized spacial score (nSPS) is 6.55. The topological polar surface area (TPSA) is 12.5 Å². The van der Waals surface area contributed by atoms with Crippen LogP contribution in [0, 0.1) is 0 Å². The maximum Gasteiger partial charge on any atom is 0.0351 e. The molecule has 0 aliphatic carbocycles. The molecule has 0 aliphatic rings. The zero-order valence-corrected chi connectivity index (χ0v) is 8.56. The Kier molecular flexibility index (Phi) is 66.5. The Bertz CT molecular complexity index is 26.0. The van der Waals surface area contributed by atoms with E-state index in [-0.39, 0.29) is 7.43 Å². The van der Waals surface area contributed by atoms with Gasteiger partial charge in [0.05, 0.1) is 0 Å². The summed E-state index contributed by atoms with van der Waals surface area (Å²) in [6.45, 7) is 4.25. The van der Waals surface area contributed by atoms with Crippen molar-refractivity contribution in [3.8, 4) is 0 Å². The molecular formula is C9H27NO. The van der Waals surface area contributed by atoms with Gasteiger partial charge in [-0.1, -0.05) is 27.7 Å². The van der Waals surface area contributed by atoms with Crippen LogP contribution in [0.25, 0.3) is 0 Å². The first-order valence-corrected chi connectivity index (χ1v) is 3.57. The highest BCUT2D eigenvalue weighted by atomic mass is 16.4. The molecule has 0 saturated heterocycles. The first kappa shape index (κ1) is 22.4. The van der Waals surface area contributed by atoms with Gasteiger partial charge in [0.15, 0.2) is 0 Å².